The van der Waals surface area contributed by atoms with Crippen LogP contribution in [0.1, 0.15) is 46.0 Å². The SMILES string of the molecule is CC(C)N(CCCC(=O)O)C(=O)NCCCCC(F)(F)F. The fraction of sp³-hybridized carbons (Fsp3) is 0.846. The topological polar surface area (TPSA) is 69.6 Å². The highest BCUT2D eigenvalue weighted by Gasteiger charge is 2.25. The van der Waals surface area contributed by atoms with Crippen LogP contribution < -0.4 is 5.32 Å². The van der Waals surface area contributed by atoms with Crippen LogP contribution in [-0.2, 0) is 4.79 Å². The van der Waals surface area contributed by atoms with Gasteiger partial charge in [-0.1, -0.05) is 0 Å². The number of unbranched alkanes of at least 4 members (excludes halogenated alkanes) is 1. The Balaban J connectivity index is 3.99. The Kier molecular flexibility index (Phi) is 8.80. The molecule has 0 rings (SSSR count). The van der Waals surface area contributed by atoms with Crippen molar-refractivity contribution in [2.45, 2.75) is 58.2 Å². The number of amides is 2. The summed E-state index contributed by atoms with van der Waals surface area (Å²) in [6.07, 6.45) is -4.46. The molecule has 0 bridgehead atoms. The van der Waals surface area contributed by atoms with Crippen LogP contribution in [0.25, 0.3) is 0 Å². The monoisotopic (exact) mass is 312 g/mol. The molecule has 124 valence electrons. The minimum Gasteiger partial charge on any atom is -0.481 e. The number of rotatable bonds is 9. The van der Waals surface area contributed by atoms with Gasteiger partial charge in [-0.05, 0) is 33.1 Å². The molecule has 0 heterocycles. The summed E-state index contributed by atoms with van der Waals surface area (Å²) in [6.45, 7) is 4.07. The fourth-order valence-electron chi connectivity index (χ4n) is 1.74. The Morgan fingerprint density at radius 2 is 1.81 bits per heavy atom. The van der Waals surface area contributed by atoms with Crippen LogP contribution in [0.5, 0.6) is 0 Å². The number of halogens is 3. The van der Waals surface area contributed by atoms with Gasteiger partial charge >= 0.3 is 18.2 Å². The van der Waals surface area contributed by atoms with Crippen LogP contribution in [-0.4, -0.2) is 47.3 Å². The Hall–Kier alpha value is -1.47. The highest BCUT2D eigenvalue weighted by Crippen LogP contribution is 2.21. The molecule has 0 aromatic rings. The number of carboxylic acids is 1. The Morgan fingerprint density at radius 3 is 2.29 bits per heavy atom. The molecule has 5 nitrogen and oxygen atoms in total. The quantitative estimate of drug-likeness (QED) is 0.643. The van der Waals surface area contributed by atoms with Gasteiger partial charge in [0, 0.05) is 32.0 Å². The molecule has 0 aliphatic heterocycles. The lowest BCUT2D eigenvalue weighted by Crippen LogP contribution is -2.44. The maximum Gasteiger partial charge on any atom is 0.389 e. The Bertz CT molecular complexity index is 333. The molecular formula is C13H23F3N2O3. The van der Waals surface area contributed by atoms with E-state index in [0.717, 1.165) is 0 Å². The summed E-state index contributed by atoms with van der Waals surface area (Å²) in [4.78, 5) is 23.8. The number of carboxylic acid groups (broad SMARTS) is 1. The van der Waals surface area contributed by atoms with Crippen molar-refractivity contribution in [3.63, 3.8) is 0 Å². The average molecular weight is 312 g/mol. The Morgan fingerprint density at radius 1 is 1.19 bits per heavy atom. The van der Waals surface area contributed by atoms with Crippen LogP contribution in [0, 0.1) is 0 Å². The molecule has 0 fully saturated rings. The molecule has 0 atom stereocenters. The van der Waals surface area contributed by atoms with Crippen LogP contribution in [0.3, 0.4) is 0 Å². The third-order valence-electron chi connectivity index (χ3n) is 2.84. The minimum atomic E-state index is -4.16. The first-order valence-corrected chi connectivity index (χ1v) is 6.96. The van der Waals surface area contributed by atoms with E-state index < -0.39 is 18.6 Å². The van der Waals surface area contributed by atoms with Gasteiger partial charge in [0.25, 0.3) is 0 Å². The first kappa shape index (κ1) is 19.5. The van der Waals surface area contributed by atoms with Gasteiger partial charge in [0.1, 0.15) is 0 Å². The van der Waals surface area contributed by atoms with Crippen molar-refractivity contribution in [3.8, 4) is 0 Å². The number of urea groups is 1. The number of hydrogen-bond donors (Lipinski definition) is 2. The molecule has 0 radical (unpaired) electrons. The molecule has 0 aliphatic rings. The van der Waals surface area contributed by atoms with Crippen molar-refractivity contribution in [2.24, 2.45) is 0 Å². The third kappa shape index (κ3) is 10.9. The van der Waals surface area contributed by atoms with E-state index in [-0.39, 0.29) is 37.9 Å². The molecule has 8 heteroatoms. The number of alkyl halides is 3. The second-order valence-electron chi connectivity index (χ2n) is 5.09. The van der Waals surface area contributed by atoms with Crippen molar-refractivity contribution in [1.82, 2.24) is 10.2 Å². The van der Waals surface area contributed by atoms with Gasteiger partial charge < -0.3 is 15.3 Å². The maximum atomic E-state index is 11.9. The van der Waals surface area contributed by atoms with E-state index in [9.17, 15) is 22.8 Å². The van der Waals surface area contributed by atoms with Crippen LogP contribution in [0.15, 0.2) is 0 Å². The zero-order valence-corrected chi connectivity index (χ0v) is 12.4. The standard InChI is InChI=1S/C13H23F3N2O3/c1-10(2)18(9-5-6-11(19)20)12(21)17-8-4-3-7-13(14,15)16/h10H,3-9H2,1-2H3,(H,17,21)(H,19,20). The van der Waals surface area contributed by atoms with E-state index in [1.54, 1.807) is 13.8 Å². The van der Waals surface area contributed by atoms with Crippen LogP contribution in [0.2, 0.25) is 0 Å². The van der Waals surface area contributed by atoms with Gasteiger partial charge in [0.15, 0.2) is 0 Å². The molecule has 2 amide bonds. The highest BCUT2D eigenvalue weighted by molar-refractivity contribution is 5.74. The van der Waals surface area contributed by atoms with Gasteiger partial charge in [-0.25, -0.2) is 4.79 Å². The summed E-state index contributed by atoms with van der Waals surface area (Å²) >= 11 is 0. The van der Waals surface area contributed by atoms with Gasteiger partial charge in [0.05, 0.1) is 0 Å². The zero-order valence-electron chi connectivity index (χ0n) is 12.4. The molecule has 0 unspecified atom stereocenters. The predicted octanol–water partition coefficient (Wildman–Crippen LogP) is 3.00. The maximum absolute atomic E-state index is 11.9. The van der Waals surface area contributed by atoms with Crippen molar-refractivity contribution in [3.05, 3.63) is 0 Å². The van der Waals surface area contributed by atoms with Gasteiger partial charge in [-0.15, -0.1) is 0 Å². The number of carbonyl (C=O) groups excluding carboxylic acids is 1. The summed E-state index contributed by atoms with van der Waals surface area (Å²) in [6, 6.07) is -0.476. The second kappa shape index (κ2) is 9.46. The lowest BCUT2D eigenvalue weighted by molar-refractivity contribution is -0.137. The van der Waals surface area contributed by atoms with E-state index in [1.165, 1.54) is 4.90 Å². The van der Waals surface area contributed by atoms with E-state index in [1.807, 2.05) is 0 Å². The third-order valence-corrected chi connectivity index (χ3v) is 2.84. The molecule has 0 spiro atoms. The highest BCUT2D eigenvalue weighted by atomic mass is 19.4. The Labute approximate surface area is 122 Å². The first-order valence-electron chi connectivity index (χ1n) is 6.96. The number of nitrogens with zero attached hydrogens (tertiary/aromatic N) is 1. The smallest absolute Gasteiger partial charge is 0.389 e. The van der Waals surface area contributed by atoms with E-state index >= 15 is 0 Å². The van der Waals surface area contributed by atoms with Crippen molar-refractivity contribution >= 4 is 12.0 Å². The summed E-state index contributed by atoms with van der Waals surface area (Å²) in [5.41, 5.74) is 0. The number of aliphatic carboxylic acids is 1. The lowest BCUT2D eigenvalue weighted by Gasteiger charge is -2.26. The van der Waals surface area contributed by atoms with Crippen molar-refractivity contribution in [2.75, 3.05) is 13.1 Å². The van der Waals surface area contributed by atoms with Crippen molar-refractivity contribution in [1.29, 1.82) is 0 Å². The van der Waals surface area contributed by atoms with Crippen LogP contribution >= 0.6 is 0 Å². The largest absolute Gasteiger partial charge is 0.481 e. The minimum absolute atomic E-state index is 0.0233. The molecule has 0 aromatic heterocycles. The fourth-order valence-corrected chi connectivity index (χ4v) is 1.74. The van der Waals surface area contributed by atoms with Crippen LogP contribution in [0.4, 0.5) is 18.0 Å². The predicted molar refractivity (Wildman–Crippen MR) is 72.0 cm³/mol. The van der Waals surface area contributed by atoms with E-state index in [4.69, 9.17) is 5.11 Å². The average Bonchev–Trinajstić information content (AvgIpc) is 2.31. The summed E-state index contributed by atoms with van der Waals surface area (Å²) < 4.78 is 35.8. The second-order valence-corrected chi connectivity index (χ2v) is 5.09. The summed E-state index contributed by atoms with van der Waals surface area (Å²) in [5, 5.41) is 11.1. The van der Waals surface area contributed by atoms with Gasteiger partial charge in [0.2, 0.25) is 0 Å². The first-order chi connectivity index (χ1) is 9.63. The molecule has 0 aliphatic carbocycles. The number of nitrogens with one attached hydrogen (secondary N) is 1. The normalized spacial score (nSPS) is 11.5. The summed E-state index contributed by atoms with van der Waals surface area (Å²) in [7, 11) is 0. The number of carbonyl (C=O) groups is 2. The molecule has 21 heavy (non-hydrogen) atoms. The van der Waals surface area contributed by atoms with E-state index in [0.29, 0.717) is 13.0 Å². The molecule has 2 N–H and O–H groups in total. The molecular weight excluding hydrogens is 289 g/mol. The van der Waals surface area contributed by atoms with E-state index in [2.05, 4.69) is 5.32 Å². The van der Waals surface area contributed by atoms with Gasteiger partial charge in [-0.3, -0.25) is 4.79 Å². The van der Waals surface area contributed by atoms with Gasteiger partial charge in [-0.2, -0.15) is 13.2 Å². The van der Waals surface area contributed by atoms with Crippen molar-refractivity contribution < 1.29 is 27.9 Å². The summed E-state index contributed by atoms with van der Waals surface area (Å²) in [5.74, 6) is -0.925. The lowest BCUT2D eigenvalue weighted by atomic mass is 10.2. The molecule has 0 saturated carbocycles. The molecule has 0 aromatic carbocycles. The number of hydrogen-bond acceptors (Lipinski definition) is 2. The molecule has 0 saturated heterocycles. The zero-order chi connectivity index (χ0) is 16.5.